The van der Waals surface area contributed by atoms with E-state index in [1.54, 1.807) is 0 Å². The van der Waals surface area contributed by atoms with Crippen LogP contribution in [0.2, 0.25) is 10.0 Å². The van der Waals surface area contributed by atoms with Gasteiger partial charge >= 0.3 is 5.97 Å². The number of rotatable bonds is 7. The van der Waals surface area contributed by atoms with Crippen molar-refractivity contribution >= 4 is 35.2 Å². The van der Waals surface area contributed by atoms with Crippen LogP contribution in [0.5, 0.6) is 11.5 Å². The number of carbonyl (C=O) groups excluding carboxylic acids is 1. The maximum atomic E-state index is 12.0. The Morgan fingerprint density at radius 2 is 1.86 bits per heavy atom. The van der Waals surface area contributed by atoms with Gasteiger partial charge in [-0.2, -0.15) is 0 Å². The maximum absolute atomic E-state index is 12.0. The average Bonchev–Trinajstić information content (AvgIpc) is 3.14. The SMILES string of the molecule is CC(C)(C)OC(=O)CCN1CCC2(CC1)COc1cc(OC/C=C/c3c(Cl)cccc3Cl)ccc12. The highest BCUT2D eigenvalue weighted by Gasteiger charge is 2.43. The molecule has 2 aromatic rings. The van der Waals surface area contributed by atoms with Gasteiger partial charge in [0, 0.05) is 39.2 Å². The highest BCUT2D eigenvalue weighted by molar-refractivity contribution is 6.37. The summed E-state index contributed by atoms with van der Waals surface area (Å²) in [6.45, 7) is 9.41. The predicted molar refractivity (Wildman–Crippen MR) is 141 cm³/mol. The number of halogens is 2. The number of esters is 1. The van der Waals surface area contributed by atoms with Gasteiger partial charge in [-0.05, 0) is 71.0 Å². The molecule has 0 atom stereocenters. The summed E-state index contributed by atoms with van der Waals surface area (Å²) in [6, 6.07) is 11.6. The van der Waals surface area contributed by atoms with Crippen molar-refractivity contribution in [2.24, 2.45) is 0 Å². The molecule has 2 aliphatic heterocycles. The molecular weight excluding hydrogens is 485 g/mol. The number of carbonyl (C=O) groups is 1. The van der Waals surface area contributed by atoms with Crippen LogP contribution >= 0.6 is 23.2 Å². The minimum absolute atomic E-state index is 0.0387. The zero-order valence-corrected chi connectivity index (χ0v) is 22.1. The van der Waals surface area contributed by atoms with E-state index >= 15 is 0 Å². The van der Waals surface area contributed by atoms with E-state index in [2.05, 4.69) is 11.0 Å². The van der Waals surface area contributed by atoms with Gasteiger partial charge in [-0.15, -0.1) is 0 Å². The minimum Gasteiger partial charge on any atom is -0.492 e. The second-order valence-corrected chi connectivity index (χ2v) is 11.1. The normalized spacial score (nSPS) is 17.4. The number of fused-ring (bicyclic) bond motifs is 2. The summed E-state index contributed by atoms with van der Waals surface area (Å²) >= 11 is 12.4. The monoisotopic (exact) mass is 517 g/mol. The maximum Gasteiger partial charge on any atom is 0.307 e. The third-order valence-corrected chi connectivity index (χ3v) is 7.18. The van der Waals surface area contributed by atoms with Gasteiger partial charge in [0.25, 0.3) is 0 Å². The molecule has 2 aromatic carbocycles. The average molecular weight is 518 g/mol. The molecule has 0 unspecified atom stereocenters. The fraction of sp³-hybridized carbons (Fsp3) is 0.464. The summed E-state index contributed by atoms with van der Waals surface area (Å²) in [5.41, 5.74) is 1.65. The van der Waals surface area contributed by atoms with Crippen molar-refractivity contribution in [3.05, 3.63) is 63.6 Å². The van der Waals surface area contributed by atoms with Crippen LogP contribution in [0.3, 0.4) is 0 Å². The summed E-state index contributed by atoms with van der Waals surface area (Å²) in [5, 5.41) is 1.22. The first-order chi connectivity index (χ1) is 16.7. The Morgan fingerprint density at radius 3 is 2.54 bits per heavy atom. The first kappa shape index (κ1) is 25.9. The molecule has 35 heavy (non-hydrogen) atoms. The van der Waals surface area contributed by atoms with Crippen LogP contribution in [0.4, 0.5) is 0 Å². The number of hydrogen-bond acceptors (Lipinski definition) is 5. The number of hydrogen-bond donors (Lipinski definition) is 0. The number of benzene rings is 2. The predicted octanol–water partition coefficient (Wildman–Crippen LogP) is 6.54. The van der Waals surface area contributed by atoms with Gasteiger partial charge in [-0.3, -0.25) is 4.79 Å². The summed E-state index contributed by atoms with van der Waals surface area (Å²) < 4.78 is 17.4. The van der Waals surface area contributed by atoms with E-state index < -0.39 is 5.60 Å². The van der Waals surface area contributed by atoms with E-state index in [1.807, 2.05) is 63.3 Å². The van der Waals surface area contributed by atoms with Gasteiger partial charge in [0.05, 0.1) is 13.0 Å². The molecule has 0 amide bonds. The van der Waals surface area contributed by atoms with Gasteiger partial charge in [-0.25, -0.2) is 0 Å². The number of ether oxygens (including phenoxy) is 3. The Morgan fingerprint density at radius 1 is 1.14 bits per heavy atom. The zero-order chi connectivity index (χ0) is 25.1. The molecule has 188 valence electrons. The molecule has 4 rings (SSSR count). The van der Waals surface area contributed by atoms with Crippen molar-refractivity contribution in [3.63, 3.8) is 0 Å². The Hall–Kier alpha value is -2.21. The summed E-state index contributed by atoms with van der Waals surface area (Å²) in [6.07, 6.45) is 6.22. The van der Waals surface area contributed by atoms with Gasteiger partial charge in [-0.1, -0.05) is 41.4 Å². The summed E-state index contributed by atoms with van der Waals surface area (Å²) in [4.78, 5) is 14.4. The molecule has 5 nitrogen and oxygen atoms in total. The van der Waals surface area contributed by atoms with Crippen LogP contribution in [0, 0.1) is 0 Å². The van der Waals surface area contributed by atoms with Crippen molar-refractivity contribution in [1.82, 2.24) is 4.90 Å². The van der Waals surface area contributed by atoms with E-state index in [1.165, 1.54) is 5.56 Å². The molecule has 0 N–H and O–H groups in total. The highest BCUT2D eigenvalue weighted by Crippen LogP contribution is 2.46. The lowest BCUT2D eigenvalue weighted by Gasteiger charge is -2.38. The smallest absolute Gasteiger partial charge is 0.307 e. The Bertz CT molecular complexity index is 1060. The van der Waals surface area contributed by atoms with E-state index in [0.717, 1.165) is 49.5 Å². The quantitative estimate of drug-likeness (QED) is 0.390. The molecule has 1 spiro atoms. The summed E-state index contributed by atoms with van der Waals surface area (Å²) in [5.74, 6) is 1.54. The Kier molecular flexibility index (Phi) is 7.99. The van der Waals surface area contributed by atoms with Crippen molar-refractivity contribution in [3.8, 4) is 11.5 Å². The molecular formula is C28H33Cl2NO4. The lowest BCUT2D eigenvalue weighted by atomic mass is 9.74. The summed E-state index contributed by atoms with van der Waals surface area (Å²) in [7, 11) is 0. The molecule has 0 aromatic heterocycles. The highest BCUT2D eigenvalue weighted by atomic mass is 35.5. The molecule has 1 saturated heterocycles. The van der Waals surface area contributed by atoms with E-state index in [9.17, 15) is 4.79 Å². The van der Waals surface area contributed by atoms with Crippen LogP contribution in [-0.4, -0.2) is 49.3 Å². The third-order valence-electron chi connectivity index (χ3n) is 6.52. The van der Waals surface area contributed by atoms with Gasteiger partial charge in [0.1, 0.15) is 23.7 Å². The Balaban J connectivity index is 1.29. The second kappa shape index (κ2) is 10.8. The molecule has 0 aliphatic carbocycles. The first-order valence-corrected chi connectivity index (χ1v) is 12.9. The second-order valence-electron chi connectivity index (χ2n) is 10.3. The van der Waals surface area contributed by atoms with Crippen LogP contribution in [-0.2, 0) is 14.9 Å². The zero-order valence-electron chi connectivity index (χ0n) is 20.6. The number of likely N-dealkylation sites (tertiary alicyclic amines) is 1. The molecule has 0 radical (unpaired) electrons. The standard InChI is InChI=1S/C28H33Cl2NO4/c1-27(2,3)35-26(32)11-14-31-15-12-28(13-16-31)19-34-25-18-20(9-10-22(25)28)33-17-5-6-21-23(29)7-4-8-24(21)30/h4-10,18H,11-17,19H2,1-3H3/b6-5+. The Labute approximate surface area is 217 Å². The largest absolute Gasteiger partial charge is 0.492 e. The van der Waals surface area contributed by atoms with Crippen molar-refractivity contribution < 1.29 is 19.0 Å². The number of piperidine rings is 1. The van der Waals surface area contributed by atoms with Crippen LogP contribution in [0.1, 0.15) is 51.2 Å². The molecule has 2 heterocycles. The van der Waals surface area contributed by atoms with Crippen molar-refractivity contribution in [2.75, 3.05) is 32.8 Å². The van der Waals surface area contributed by atoms with Crippen LogP contribution in [0.25, 0.3) is 6.08 Å². The van der Waals surface area contributed by atoms with Crippen molar-refractivity contribution in [2.45, 2.75) is 51.0 Å². The van der Waals surface area contributed by atoms with Gasteiger partial charge in [0.15, 0.2) is 0 Å². The third kappa shape index (κ3) is 6.52. The fourth-order valence-corrected chi connectivity index (χ4v) is 5.21. The molecule has 0 bridgehead atoms. The van der Waals surface area contributed by atoms with Crippen LogP contribution in [0.15, 0.2) is 42.5 Å². The van der Waals surface area contributed by atoms with E-state index in [4.69, 9.17) is 37.4 Å². The molecule has 7 heteroatoms. The lowest BCUT2D eigenvalue weighted by molar-refractivity contribution is -0.155. The first-order valence-electron chi connectivity index (χ1n) is 12.1. The van der Waals surface area contributed by atoms with Crippen molar-refractivity contribution in [1.29, 1.82) is 0 Å². The van der Waals surface area contributed by atoms with E-state index in [-0.39, 0.29) is 11.4 Å². The number of nitrogens with zero attached hydrogens (tertiary/aromatic N) is 1. The minimum atomic E-state index is -0.434. The lowest BCUT2D eigenvalue weighted by Crippen LogP contribution is -2.44. The van der Waals surface area contributed by atoms with Gasteiger partial charge in [0.2, 0.25) is 0 Å². The molecule has 1 fully saturated rings. The molecule has 0 saturated carbocycles. The van der Waals surface area contributed by atoms with Crippen LogP contribution < -0.4 is 9.47 Å². The fourth-order valence-electron chi connectivity index (χ4n) is 4.68. The van der Waals surface area contributed by atoms with E-state index in [0.29, 0.717) is 29.7 Å². The van der Waals surface area contributed by atoms with Gasteiger partial charge < -0.3 is 19.1 Å². The topological polar surface area (TPSA) is 48.0 Å². The molecule has 2 aliphatic rings.